The molecule has 1 fully saturated rings. The van der Waals surface area contributed by atoms with Crippen molar-refractivity contribution in [2.45, 2.75) is 44.2 Å². The molecular formula is C17H22FNO4. The van der Waals surface area contributed by atoms with E-state index in [4.69, 9.17) is 4.74 Å². The van der Waals surface area contributed by atoms with Crippen LogP contribution in [0, 0.1) is 5.82 Å². The first-order chi connectivity index (χ1) is 10.9. The molecule has 0 unspecified atom stereocenters. The van der Waals surface area contributed by atoms with Crippen molar-refractivity contribution in [1.29, 1.82) is 0 Å². The predicted molar refractivity (Wildman–Crippen MR) is 81.9 cm³/mol. The summed E-state index contributed by atoms with van der Waals surface area (Å²) in [5, 5.41) is 10.2. The maximum Gasteiger partial charge on any atom is 0.338 e. The minimum atomic E-state index is -1.47. The van der Waals surface area contributed by atoms with Gasteiger partial charge in [0.2, 0.25) is 0 Å². The first-order valence-corrected chi connectivity index (χ1v) is 7.79. The van der Waals surface area contributed by atoms with Crippen molar-refractivity contribution in [3.8, 4) is 0 Å². The summed E-state index contributed by atoms with van der Waals surface area (Å²) in [7, 11) is 1.51. The minimum absolute atomic E-state index is 0.0906. The zero-order valence-corrected chi connectivity index (χ0v) is 13.3. The highest BCUT2D eigenvalue weighted by molar-refractivity contribution is 5.84. The summed E-state index contributed by atoms with van der Waals surface area (Å²) in [6.45, 7) is -0.362. The lowest BCUT2D eigenvalue weighted by Crippen LogP contribution is -2.43. The van der Waals surface area contributed by atoms with E-state index in [0.29, 0.717) is 18.4 Å². The van der Waals surface area contributed by atoms with Gasteiger partial charge in [-0.1, -0.05) is 24.6 Å². The Balaban J connectivity index is 1.84. The lowest BCUT2D eigenvalue weighted by atomic mass is 9.85. The van der Waals surface area contributed by atoms with E-state index >= 15 is 0 Å². The largest absolute Gasteiger partial charge is 0.453 e. The molecule has 1 aromatic rings. The molecule has 0 saturated heterocycles. The fourth-order valence-electron chi connectivity index (χ4n) is 2.68. The summed E-state index contributed by atoms with van der Waals surface area (Å²) in [4.78, 5) is 25.2. The molecule has 23 heavy (non-hydrogen) atoms. The second-order valence-electron chi connectivity index (χ2n) is 6.01. The van der Waals surface area contributed by atoms with Crippen LogP contribution in [0.5, 0.6) is 0 Å². The molecule has 0 aromatic heterocycles. The molecule has 1 saturated carbocycles. The van der Waals surface area contributed by atoms with Crippen molar-refractivity contribution in [1.82, 2.24) is 4.90 Å². The topological polar surface area (TPSA) is 66.8 Å². The van der Waals surface area contributed by atoms with E-state index in [9.17, 15) is 19.1 Å². The third-order valence-corrected chi connectivity index (χ3v) is 4.18. The molecule has 2 rings (SSSR count). The maximum atomic E-state index is 13.6. The van der Waals surface area contributed by atoms with Crippen LogP contribution >= 0.6 is 0 Å². The standard InChI is InChI=1S/C17H22FNO4/c1-19(11-13-7-3-4-8-14(13)18)15(20)12-23-16(21)17(22)9-5-2-6-10-17/h3-4,7-8,22H,2,5-6,9-12H2,1H3. The molecule has 0 radical (unpaired) electrons. The normalized spacial score (nSPS) is 16.7. The average Bonchev–Trinajstić information content (AvgIpc) is 2.55. The van der Waals surface area contributed by atoms with Crippen molar-refractivity contribution < 1.29 is 23.8 Å². The zero-order valence-electron chi connectivity index (χ0n) is 13.3. The Morgan fingerprint density at radius 2 is 1.91 bits per heavy atom. The summed E-state index contributed by atoms with van der Waals surface area (Å²) < 4.78 is 18.5. The fraction of sp³-hybridized carbons (Fsp3) is 0.529. The molecule has 1 aliphatic rings. The number of ether oxygens (including phenoxy) is 1. The van der Waals surface area contributed by atoms with Crippen molar-refractivity contribution >= 4 is 11.9 Å². The second-order valence-corrected chi connectivity index (χ2v) is 6.01. The lowest BCUT2D eigenvalue weighted by Gasteiger charge is -2.29. The smallest absolute Gasteiger partial charge is 0.338 e. The highest BCUT2D eigenvalue weighted by Crippen LogP contribution is 2.29. The van der Waals surface area contributed by atoms with E-state index in [0.717, 1.165) is 19.3 Å². The summed E-state index contributed by atoms with van der Waals surface area (Å²) in [5.41, 5.74) is -1.08. The number of likely N-dealkylation sites (N-methyl/N-ethyl adjacent to an activating group) is 1. The molecule has 0 heterocycles. The van der Waals surface area contributed by atoms with Gasteiger partial charge in [-0.15, -0.1) is 0 Å². The monoisotopic (exact) mass is 323 g/mol. The Bertz CT molecular complexity index is 569. The van der Waals surface area contributed by atoms with Gasteiger partial charge in [0.1, 0.15) is 5.82 Å². The molecule has 1 amide bonds. The number of nitrogens with zero attached hydrogens (tertiary/aromatic N) is 1. The van der Waals surface area contributed by atoms with Gasteiger partial charge in [-0.3, -0.25) is 4.79 Å². The number of hydrogen-bond acceptors (Lipinski definition) is 4. The fourth-order valence-corrected chi connectivity index (χ4v) is 2.68. The van der Waals surface area contributed by atoms with Crippen LogP contribution in [0.4, 0.5) is 4.39 Å². The number of benzene rings is 1. The average molecular weight is 323 g/mol. The van der Waals surface area contributed by atoms with Crippen molar-refractivity contribution in [2.75, 3.05) is 13.7 Å². The number of carbonyl (C=O) groups is 2. The summed E-state index contributed by atoms with van der Waals surface area (Å²) >= 11 is 0. The quantitative estimate of drug-likeness (QED) is 0.842. The first-order valence-electron chi connectivity index (χ1n) is 7.79. The number of hydrogen-bond donors (Lipinski definition) is 1. The molecule has 126 valence electrons. The molecule has 6 heteroatoms. The number of halogens is 1. The molecule has 5 nitrogen and oxygen atoms in total. The van der Waals surface area contributed by atoms with Crippen LogP contribution in [-0.2, 0) is 20.9 Å². The molecule has 0 spiro atoms. The van der Waals surface area contributed by atoms with Gasteiger partial charge < -0.3 is 14.7 Å². The summed E-state index contributed by atoms with van der Waals surface area (Å²) in [6, 6.07) is 6.19. The van der Waals surface area contributed by atoms with Crippen molar-refractivity contribution in [2.24, 2.45) is 0 Å². The number of esters is 1. The van der Waals surface area contributed by atoms with Crippen LogP contribution in [0.2, 0.25) is 0 Å². The van der Waals surface area contributed by atoms with E-state index in [2.05, 4.69) is 0 Å². The molecular weight excluding hydrogens is 301 g/mol. The van der Waals surface area contributed by atoms with Gasteiger partial charge in [-0.2, -0.15) is 0 Å². The van der Waals surface area contributed by atoms with Crippen LogP contribution in [0.15, 0.2) is 24.3 Å². The van der Waals surface area contributed by atoms with E-state index in [-0.39, 0.29) is 12.4 Å². The first kappa shape index (κ1) is 17.4. The third-order valence-electron chi connectivity index (χ3n) is 4.18. The highest BCUT2D eigenvalue weighted by Gasteiger charge is 2.39. The Morgan fingerprint density at radius 3 is 2.57 bits per heavy atom. The van der Waals surface area contributed by atoms with Gasteiger partial charge in [0.05, 0.1) is 0 Å². The summed E-state index contributed by atoms with van der Waals surface area (Å²) in [5.74, 6) is -1.58. The molecule has 0 atom stereocenters. The van der Waals surface area contributed by atoms with Crippen LogP contribution < -0.4 is 0 Å². The molecule has 1 aromatic carbocycles. The van der Waals surface area contributed by atoms with Gasteiger partial charge in [0, 0.05) is 19.2 Å². The van der Waals surface area contributed by atoms with E-state index in [1.54, 1.807) is 18.2 Å². The number of amides is 1. The van der Waals surface area contributed by atoms with Gasteiger partial charge in [0.25, 0.3) is 5.91 Å². The Morgan fingerprint density at radius 1 is 1.26 bits per heavy atom. The van der Waals surface area contributed by atoms with Crippen LogP contribution in [0.1, 0.15) is 37.7 Å². The summed E-state index contributed by atoms with van der Waals surface area (Å²) in [6.07, 6.45) is 3.26. The van der Waals surface area contributed by atoms with Gasteiger partial charge >= 0.3 is 5.97 Å². The SMILES string of the molecule is CN(Cc1ccccc1F)C(=O)COC(=O)C1(O)CCCCC1. The van der Waals surface area contributed by atoms with Gasteiger partial charge in [-0.25, -0.2) is 9.18 Å². The maximum absolute atomic E-state index is 13.6. The van der Waals surface area contributed by atoms with E-state index in [1.807, 2.05) is 0 Å². The minimum Gasteiger partial charge on any atom is -0.453 e. The highest BCUT2D eigenvalue weighted by atomic mass is 19.1. The number of aliphatic hydroxyl groups is 1. The van der Waals surface area contributed by atoms with Crippen molar-refractivity contribution in [3.05, 3.63) is 35.6 Å². The van der Waals surface area contributed by atoms with Gasteiger partial charge in [-0.05, 0) is 31.7 Å². The van der Waals surface area contributed by atoms with Gasteiger partial charge in [0.15, 0.2) is 12.2 Å². The molecule has 1 N–H and O–H groups in total. The van der Waals surface area contributed by atoms with Crippen LogP contribution in [-0.4, -0.2) is 41.1 Å². The molecule has 1 aliphatic carbocycles. The Hall–Kier alpha value is -1.95. The lowest BCUT2D eigenvalue weighted by molar-refractivity contribution is -0.172. The zero-order chi connectivity index (χ0) is 16.9. The van der Waals surface area contributed by atoms with E-state index in [1.165, 1.54) is 18.0 Å². The van der Waals surface area contributed by atoms with Crippen LogP contribution in [0.25, 0.3) is 0 Å². The van der Waals surface area contributed by atoms with Crippen molar-refractivity contribution in [3.63, 3.8) is 0 Å². The Kier molecular flexibility index (Phi) is 5.71. The molecule has 0 aliphatic heterocycles. The van der Waals surface area contributed by atoms with Crippen LogP contribution in [0.3, 0.4) is 0 Å². The predicted octanol–water partition coefficient (Wildman–Crippen LogP) is 2.02. The number of carbonyl (C=O) groups excluding carboxylic acids is 2. The number of rotatable bonds is 5. The van der Waals surface area contributed by atoms with E-state index < -0.39 is 24.1 Å². The Labute approximate surface area is 135 Å². The molecule has 0 bridgehead atoms. The third kappa shape index (κ3) is 4.51. The second kappa shape index (κ2) is 7.55.